The fourth-order valence-electron chi connectivity index (χ4n) is 2.61. The summed E-state index contributed by atoms with van der Waals surface area (Å²) in [4.78, 5) is 2.49. The van der Waals surface area contributed by atoms with Gasteiger partial charge in [0.2, 0.25) is 0 Å². The third-order valence-corrected chi connectivity index (χ3v) is 4.19. The molecule has 3 nitrogen and oxygen atoms in total. The Bertz CT molecular complexity index is 429. The van der Waals surface area contributed by atoms with Crippen molar-refractivity contribution < 1.29 is 4.74 Å². The van der Waals surface area contributed by atoms with E-state index in [0.29, 0.717) is 6.04 Å². The van der Waals surface area contributed by atoms with Crippen LogP contribution < -0.4 is 10.6 Å². The van der Waals surface area contributed by atoms with Crippen molar-refractivity contribution in [3.05, 3.63) is 29.3 Å². The molecule has 1 unspecified atom stereocenters. The second-order valence-corrected chi connectivity index (χ2v) is 5.90. The summed E-state index contributed by atoms with van der Waals surface area (Å²) in [6.45, 7) is 6.11. The minimum atomic E-state index is 0.271. The van der Waals surface area contributed by atoms with Crippen LogP contribution in [0.25, 0.3) is 0 Å². The number of nitrogens with two attached hydrogens (primary N) is 1. The van der Waals surface area contributed by atoms with Gasteiger partial charge in [-0.2, -0.15) is 0 Å². The van der Waals surface area contributed by atoms with Crippen molar-refractivity contribution in [3.63, 3.8) is 0 Å². The van der Waals surface area contributed by atoms with Crippen LogP contribution in [0.15, 0.2) is 18.2 Å². The SMILES string of the molecule is CCC(N)Cc1ccc(N(CCOC)C2CC2)cc1C. The van der Waals surface area contributed by atoms with Gasteiger partial charge in [-0.3, -0.25) is 0 Å². The van der Waals surface area contributed by atoms with Crippen molar-refractivity contribution in [3.8, 4) is 0 Å². The lowest BCUT2D eigenvalue weighted by molar-refractivity contribution is 0.205. The lowest BCUT2D eigenvalue weighted by Crippen LogP contribution is -2.29. The molecule has 1 fully saturated rings. The first-order valence-corrected chi connectivity index (χ1v) is 7.76. The molecule has 0 amide bonds. The molecular formula is C17H28N2O. The van der Waals surface area contributed by atoms with E-state index in [-0.39, 0.29) is 6.04 Å². The minimum Gasteiger partial charge on any atom is -0.383 e. The molecule has 1 aliphatic carbocycles. The number of hydrogen-bond donors (Lipinski definition) is 1. The maximum atomic E-state index is 6.07. The Kier molecular flexibility index (Phi) is 5.44. The molecule has 0 heterocycles. The van der Waals surface area contributed by atoms with Gasteiger partial charge in [0.1, 0.15) is 0 Å². The first-order valence-electron chi connectivity index (χ1n) is 7.76. The summed E-state index contributed by atoms with van der Waals surface area (Å²) in [7, 11) is 1.77. The van der Waals surface area contributed by atoms with Crippen LogP contribution in [0.4, 0.5) is 5.69 Å². The van der Waals surface area contributed by atoms with E-state index in [9.17, 15) is 0 Å². The van der Waals surface area contributed by atoms with E-state index in [0.717, 1.165) is 26.0 Å². The number of benzene rings is 1. The Balaban J connectivity index is 2.09. The van der Waals surface area contributed by atoms with Gasteiger partial charge in [-0.15, -0.1) is 0 Å². The monoisotopic (exact) mass is 276 g/mol. The molecule has 0 bridgehead atoms. The third-order valence-electron chi connectivity index (χ3n) is 4.19. The fraction of sp³-hybridized carbons (Fsp3) is 0.647. The smallest absolute Gasteiger partial charge is 0.0637 e. The largest absolute Gasteiger partial charge is 0.383 e. The molecule has 0 spiro atoms. The van der Waals surface area contributed by atoms with Crippen LogP contribution in [0, 0.1) is 6.92 Å². The van der Waals surface area contributed by atoms with E-state index in [2.05, 4.69) is 36.9 Å². The molecule has 1 aromatic carbocycles. The normalized spacial score (nSPS) is 16.2. The number of nitrogens with zero attached hydrogens (tertiary/aromatic N) is 1. The van der Waals surface area contributed by atoms with E-state index < -0.39 is 0 Å². The average Bonchev–Trinajstić information content (AvgIpc) is 3.26. The standard InChI is InChI=1S/C17H28N2O/c1-4-15(18)12-14-5-6-17(11-13(14)2)19(9-10-20-3)16-7-8-16/h5-6,11,15-16H,4,7-10,12,18H2,1-3H3. The molecule has 0 radical (unpaired) electrons. The Morgan fingerprint density at radius 2 is 2.15 bits per heavy atom. The fourth-order valence-corrected chi connectivity index (χ4v) is 2.61. The zero-order valence-corrected chi connectivity index (χ0v) is 13.1. The topological polar surface area (TPSA) is 38.5 Å². The van der Waals surface area contributed by atoms with E-state index in [4.69, 9.17) is 10.5 Å². The lowest BCUT2D eigenvalue weighted by atomic mass is 9.99. The van der Waals surface area contributed by atoms with E-state index in [1.54, 1.807) is 7.11 Å². The van der Waals surface area contributed by atoms with Gasteiger partial charge in [-0.1, -0.05) is 13.0 Å². The highest BCUT2D eigenvalue weighted by molar-refractivity contribution is 5.52. The summed E-state index contributed by atoms with van der Waals surface area (Å²) < 4.78 is 5.23. The van der Waals surface area contributed by atoms with Crippen LogP contribution in [-0.2, 0) is 11.2 Å². The van der Waals surface area contributed by atoms with Gasteiger partial charge in [0.15, 0.2) is 0 Å². The molecule has 2 rings (SSSR count). The highest BCUT2D eigenvalue weighted by Gasteiger charge is 2.29. The number of aryl methyl sites for hydroxylation is 1. The number of rotatable bonds is 8. The number of ether oxygens (including phenoxy) is 1. The molecule has 0 aliphatic heterocycles. The molecule has 1 saturated carbocycles. The van der Waals surface area contributed by atoms with Gasteiger partial charge in [-0.05, 0) is 55.9 Å². The minimum absolute atomic E-state index is 0.271. The zero-order valence-electron chi connectivity index (χ0n) is 13.1. The van der Waals surface area contributed by atoms with Crippen LogP contribution in [-0.4, -0.2) is 32.3 Å². The second kappa shape index (κ2) is 7.09. The zero-order chi connectivity index (χ0) is 14.5. The molecule has 112 valence electrons. The average molecular weight is 276 g/mol. The Hall–Kier alpha value is -1.06. The van der Waals surface area contributed by atoms with Crippen molar-refractivity contribution in [1.82, 2.24) is 0 Å². The summed E-state index contributed by atoms with van der Waals surface area (Å²) in [5.74, 6) is 0. The first-order chi connectivity index (χ1) is 9.65. The van der Waals surface area contributed by atoms with Crippen LogP contribution in [0.3, 0.4) is 0 Å². The lowest BCUT2D eigenvalue weighted by Gasteiger charge is -2.25. The van der Waals surface area contributed by atoms with Crippen molar-refractivity contribution in [2.75, 3.05) is 25.2 Å². The first kappa shape index (κ1) is 15.3. The quantitative estimate of drug-likeness (QED) is 0.793. The summed E-state index contributed by atoms with van der Waals surface area (Å²) in [6, 6.07) is 7.80. The Morgan fingerprint density at radius 1 is 1.40 bits per heavy atom. The maximum Gasteiger partial charge on any atom is 0.0637 e. The molecule has 2 N–H and O–H groups in total. The van der Waals surface area contributed by atoms with E-state index in [1.165, 1.54) is 29.7 Å². The van der Waals surface area contributed by atoms with E-state index >= 15 is 0 Å². The number of anilines is 1. The Labute approximate surface area is 123 Å². The predicted octanol–water partition coefficient (Wildman–Crippen LogP) is 2.89. The van der Waals surface area contributed by atoms with Gasteiger partial charge < -0.3 is 15.4 Å². The van der Waals surface area contributed by atoms with Crippen LogP contribution >= 0.6 is 0 Å². The number of hydrogen-bond acceptors (Lipinski definition) is 3. The van der Waals surface area contributed by atoms with Crippen LogP contribution in [0.2, 0.25) is 0 Å². The molecule has 3 heteroatoms. The maximum absolute atomic E-state index is 6.07. The van der Waals surface area contributed by atoms with Gasteiger partial charge in [0, 0.05) is 31.4 Å². The summed E-state index contributed by atoms with van der Waals surface area (Å²) in [6.07, 6.45) is 4.63. The highest BCUT2D eigenvalue weighted by atomic mass is 16.5. The van der Waals surface area contributed by atoms with Crippen molar-refractivity contribution in [1.29, 1.82) is 0 Å². The van der Waals surface area contributed by atoms with Crippen molar-refractivity contribution in [2.45, 2.75) is 51.6 Å². The molecular weight excluding hydrogens is 248 g/mol. The molecule has 0 aromatic heterocycles. The van der Waals surface area contributed by atoms with Gasteiger partial charge >= 0.3 is 0 Å². The van der Waals surface area contributed by atoms with Crippen LogP contribution in [0.5, 0.6) is 0 Å². The molecule has 1 atom stereocenters. The van der Waals surface area contributed by atoms with Gasteiger partial charge in [0.05, 0.1) is 6.61 Å². The molecule has 1 aromatic rings. The second-order valence-electron chi connectivity index (χ2n) is 5.90. The summed E-state index contributed by atoms with van der Waals surface area (Å²) in [5.41, 5.74) is 10.1. The summed E-state index contributed by atoms with van der Waals surface area (Å²) in [5, 5.41) is 0. The van der Waals surface area contributed by atoms with Crippen molar-refractivity contribution in [2.24, 2.45) is 5.73 Å². The van der Waals surface area contributed by atoms with Crippen molar-refractivity contribution >= 4 is 5.69 Å². The van der Waals surface area contributed by atoms with Crippen LogP contribution in [0.1, 0.15) is 37.3 Å². The number of methoxy groups -OCH3 is 1. The molecule has 1 aliphatic rings. The molecule has 20 heavy (non-hydrogen) atoms. The molecule has 0 saturated heterocycles. The van der Waals surface area contributed by atoms with Gasteiger partial charge in [0.25, 0.3) is 0 Å². The van der Waals surface area contributed by atoms with Gasteiger partial charge in [-0.25, -0.2) is 0 Å². The third kappa shape index (κ3) is 3.97. The highest BCUT2D eigenvalue weighted by Crippen LogP contribution is 2.32. The Morgan fingerprint density at radius 3 is 2.70 bits per heavy atom. The summed E-state index contributed by atoms with van der Waals surface area (Å²) >= 11 is 0. The predicted molar refractivity (Wildman–Crippen MR) is 85.4 cm³/mol. The van der Waals surface area contributed by atoms with E-state index in [1.807, 2.05) is 0 Å².